The predicted octanol–water partition coefficient (Wildman–Crippen LogP) is 16.7. The van der Waals surface area contributed by atoms with Crippen LogP contribution in [-0.4, -0.2) is 12.6 Å². The number of amidine groups is 1. The number of nitrogen functional groups attached to an aromatic ring is 1. The second-order valence-electron chi connectivity index (χ2n) is 15.5. The van der Waals surface area contributed by atoms with E-state index in [9.17, 15) is 0 Å². The average molecular weight is 852 g/mol. The number of benzene rings is 8. The van der Waals surface area contributed by atoms with Crippen LogP contribution in [0.15, 0.2) is 186 Å². The molecule has 4 nitrogen and oxygen atoms in total. The Morgan fingerprint density at radius 2 is 1.24 bits per heavy atom. The zero-order chi connectivity index (χ0) is 43.6. The minimum absolute atomic E-state index is 0.00816. The summed E-state index contributed by atoms with van der Waals surface area (Å²) in [7, 11) is 0. The lowest BCUT2D eigenvalue weighted by Crippen LogP contribution is -2.11. The lowest BCUT2D eigenvalue weighted by molar-refractivity contribution is 0.668. The summed E-state index contributed by atoms with van der Waals surface area (Å²) in [6.45, 7) is 15.3. The number of thiophene rings is 2. The van der Waals surface area contributed by atoms with Gasteiger partial charge in [-0.25, -0.2) is 0 Å². The Morgan fingerprint density at radius 3 is 1.95 bits per heavy atom. The summed E-state index contributed by atoms with van der Waals surface area (Å²) in [6.07, 6.45) is 3.48. The predicted molar refractivity (Wildman–Crippen MR) is 277 cm³/mol. The first-order chi connectivity index (χ1) is 30.7. The summed E-state index contributed by atoms with van der Waals surface area (Å²) < 4.78 is 11.5. The van der Waals surface area contributed by atoms with Crippen molar-refractivity contribution in [1.29, 1.82) is 5.41 Å². The number of aliphatic imine (C=N–C) groups is 1. The molecule has 0 aliphatic heterocycles. The Labute approximate surface area is 375 Å². The van der Waals surface area contributed by atoms with Gasteiger partial charge in [-0.2, -0.15) is 0 Å². The standard InChI is InChI=1S/C39H25NOS2.C11H12N2.C7H8/c1-22(40-2)26-8-5-10-33-38(26)31-19-25(15-18-32(31)41-33)27-9-6-12-35-39(27)30-17-14-24(21-37(30)43-35)23-13-16-29-28-7-3-4-11-34(28)42-36(29)20-23;1-3-8-5-6-10(11(12)13)7-9(8)4-2;1-7-5-3-2-4-6-7/h3-22H,2H2,1H3;3-7H,1-2H2,(H3,12,13);2-6H,1H3. The fourth-order valence-corrected chi connectivity index (χ4v) is 10.6. The highest BCUT2D eigenvalue weighted by Gasteiger charge is 2.18. The van der Waals surface area contributed by atoms with Crippen molar-refractivity contribution < 1.29 is 4.42 Å². The van der Waals surface area contributed by atoms with Crippen LogP contribution in [-0.2, 0) is 0 Å². The molecule has 0 saturated carbocycles. The monoisotopic (exact) mass is 851 g/mol. The maximum atomic E-state index is 7.25. The molecule has 0 spiro atoms. The molecule has 63 heavy (non-hydrogen) atoms. The molecule has 3 heterocycles. The van der Waals surface area contributed by atoms with Gasteiger partial charge in [-0.05, 0) is 108 Å². The second-order valence-corrected chi connectivity index (χ2v) is 17.7. The fraction of sp³-hybridized carbons (Fsp3) is 0.0526. The average Bonchev–Trinajstić information content (AvgIpc) is 4.02. The number of aryl methyl sites for hydroxylation is 1. The minimum atomic E-state index is -0.00816. The molecule has 11 rings (SSSR count). The lowest BCUT2D eigenvalue weighted by Gasteiger charge is -2.08. The minimum Gasteiger partial charge on any atom is -0.456 e. The summed E-state index contributed by atoms with van der Waals surface area (Å²) in [5.41, 5.74) is 17.2. The molecule has 3 aromatic heterocycles. The van der Waals surface area contributed by atoms with Crippen molar-refractivity contribution >= 4 is 110 Å². The van der Waals surface area contributed by atoms with Gasteiger partial charge in [-0.15, -0.1) is 22.7 Å². The quantitative estimate of drug-likeness (QED) is 0.124. The van der Waals surface area contributed by atoms with Crippen molar-refractivity contribution in [3.8, 4) is 22.3 Å². The number of furan rings is 1. The van der Waals surface area contributed by atoms with E-state index in [1.165, 1.54) is 68.2 Å². The van der Waals surface area contributed by atoms with Crippen molar-refractivity contribution in [3.63, 3.8) is 0 Å². The van der Waals surface area contributed by atoms with Gasteiger partial charge in [0.2, 0.25) is 0 Å². The molecule has 3 N–H and O–H groups in total. The first-order valence-corrected chi connectivity index (χ1v) is 22.4. The maximum absolute atomic E-state index is 7.25. The van der Waals surface area contributed by atoms with E-state index in [2.05, 4.69) is 154 Å². The van der Waals surface area contributed by atoms with Crippen molar-refractivity contribution in [3.05, 3.63) is 205 Å². The maximum Gasteiger partial charge on any atom is 0.135 e. The lowest BCUT2D eigenvalue weighted by atomic mass is 9.95. The molecule has 1 atom stereocenters. The third kappa shape index (κ3) is 7.99. The number of hydrogen-bond donors (Lipinski definition) is 2. The summed E-state index contributed by atoms with van der Waals surface area (Å²) in [5, 5.41) is 14.8. The van der Waals surface area contributed by atoms with E-state index in [-0.39, 0.29) is 11.9 Å². The first-order valence-electron chi connectivity index (χ1n) is 20.8. The van der Waals surface area contributed by atoms with Crippen LogP contribution in [0.25, 0.3) is 96.7 Å². The Kier molecular flexibility index (Phi) is 11.4. The van der Waals surface area contributed by atoms with Gasteiger partial charge in [0.1, 0.15) is 17.0 Å². The number of nitrogens with zero attached hydrogens (tertiary/aromatic N) is 1. The van der Waals surface area contributed by atoms with Crippen molar-refractivity contribution in [2.75, 3.05) is 0 Å². The Hall–Kier alpha value is -7.38. The summed E-state index contributed by atoms with van der Waals surface area (Å²) >= 11 is 3.74. The molecule has 0 fully saturated rings. The topological polar surface area (TPSA) is 75.4 Å². The van der Waals surface area contributed by atoms with Gasteiger partial charge in [-0.1, -0.05) is 146 Å². The van der Waals surface area contributed by atoms with E-state index in [0.29, 0.717) is 5.56 Å². The normalized spacial score (nSPS) is 11.6. The number of rotatable bonds is 7. The zero-order valence-electron chi connectivity index (χ0n) is 35.2. The Bertz CT molecular complexity index is 3530. The number of nitrogens with two attached hydrogens (primary N) is 1. The van der Waals surface area contributed by atoms with Crippen LogP contribution in [0.2, 0.25) is 0 Å². The molecule has 0 saturated heterocycles. The molecule has 0 aliphatic rings. The van der Waals surface area contributed by atoms with Crippen molar-refractivity contribution in [1.82, 2.24) is 0 Å². The van der Waals surface area contributed by atoms with E-state index in [1.54, 1.807) is 18.2 Å². The van der Waals surface area contributed by atoms with Crippen LogP contribution in [0.1, 0.15) is 40.8 Å². The summed E-state index contributed by atoms with van der Waals surface area (Å²) in [6, 6.07) is 57.7. The van der Waals surface area contributed by atoms with Crippen LogP contribution < -0.4 is 5.73 Å². The molecule has 0 aliphatic carbocycles. The van der Waals surface area contributed by atoms with Gasteiger partial charge in [0.25, 0.3) is 0 Å². The van der Waals surface area contributed by atoms with Crippen LogP contribution in [0.5, 0.6) is 0 Å². The van der Waals surface area contributed by atoms with Crippen molar-refractivity contribution in [2.24, 2.45) is 10.7 Å². The first kappa shape index (κ1) is 41.0. The van der Waals surface area contributed by atoms with Gasteiger partial charge >= 0.3 is 0 Å². The molecule has 8 aromatic carbocycles. The third-order valence-corrected chi connectivity index (χ3v) is 13.8. The van der Waals surface area contributed by atoms with E-state index in [1.807, 2.05) is 65.1 Å². The molecule has 0 radical (unpaired) electrons. The SMILES string of the molecule is C=Cc1ccc(C(=N)N)cc1C=C.C=NC(C)c1cccc2oc3ccc(-c4cccc5sc6cc(-c7ccc8c(c7)sc7ccccc78)ccc6c45)cc3c12.Cc1ccccc1. The zero-order valence-corrected chi connectivity index (χ0v) is 36.8. The Morgan fingerprint density at radius 1 is 0.587 bits per heavy atom. The second kappa shape index (κ2) is 17.5. The van der Waals surface area contributed by atoms with Gasteiger partial charge in [0, 0.05) is 56.7 Å². The smallest absolute Gasteiger partial charge is 0.135 e. The third-order valence-electron chi connectivity index (χ3n) is 11.5. The molecule has 6 heteroatoms. The van der Waals surface area contributed by atoms with E-state index in [4.69, 9.17) is 15.6 Å². The van der Waals surface area contributed by atoms with Gasteiger partial charge in [-0.3, -0.25) is 10.4 Å². The molecule has 306 valence electrons. The molecule has 1 unspecified atom stereocenters. The summed E-state index contributed by atoms with van der Waals surface area (Å²) in [4.78, 5) is 4.31. The Balaban J connectivity index is 0.000000208. The highest BCUT2D eigenvalue weighted by atomic mass is 32.1. The molecular weight excluding hydrogens is 807 g/mol. The van der Waals surface area contributed by atoms with Crippen molar-refractivity contribution in [2.45, 2.75) is 19.9 Å². The van der Waals surface area contributed by atoms with Crippen LogP contribution >= 0.6 is 22.7 Å². The fourth-order valence-electron chi connectivity index (χ4n) is 8.26. The number of fused-ring (bicyclic) bond motifs is 9. The van der Waals surface area contributed by atoms with E-state index in [0.717, 1.165) is 38.6 Å². The van der Waals surface area contributed by atoms with E-state index < -0.39 is 0 Å². The molecule has 0 bridgehead atoms. The highest BCUT2D eigenvalue weighted by Crippen LogP contribution is 2.44. The van der Waals surface area contributed by atoms with Crippen LogP contribution in [0.3, 0.4) is 0 Å². The molecular formula is C57H45N3OS2. The number of nitrogens with one attached hydrogen (secondary N) is 1. The molecule has 0 amide bonds. The highest BCUT2D eigenvalue weighted by molar-refractivity contribution is 7.26. The largest absolute Gasteiger partial charge is 0.456 e. The number of hydrogen-bond acceptors (Lipinski definition) is 5. The van der Waals surface area contributed by atoms with Gasteiger partial charge < -0.3 is 10.2 Å². The van der Waals surface area contributed by atoms with Gasteiger partial charge in [0.05, 0.1) is 6.04 Å². The van der Waals surface area contributed by atoms with Crippen LogP contribution in [0, 0.1) is 12.3 Å². The van der Waals surface area contributed by atoms with Crippen LogP contribution in [0.4, 0.5) is 0 Å². The van der Waals surface area contributed by atoms with Gasteiger partial charge in [0.15, 0.2) is 0 Å². The molecule has 11 aromatic rings. The van der Waals surface area contributed by atoms with E-state index >= 15 is 0 Å². The summed E-state index contributed by atoms with van der Waals surface area (Å²) in [5.74, 6) is 0.0683.